The second-order valence-electron chi connectivity index (χ2n) is 3.40. The molecule has 0 radical (unpaired) electrons. The molecule has 1 fully saturated rings. The Balaban J connectivity index is 2.69. The zero-order valence-corrected chi connectivity index (χ0v) is 7.78. The summed E-state index contributed by atoms with van der Waals surface area (Å²) in [7, 11) is 1.76. The maximum Gasteiger partial charge on any atom is 0.309 e. The number of likely N-dealkylation sites (N-methyl/N-ethyl adjacent to an activating group) is 1. The molecule has 0 saturated carbocycles. The Kier molecular flexibility index (Phi) is 2.87. The number of carbonyl (C=O) groups excluding carboxylic acids is 1. The van der Waals surface area contributed by atoms with Gasteiger partial charge in [-0.15, -0.1) is 0 Å². The van der Waals surface area contributed by atoms with Gasteiger partial charge in [0.2, 0.25) is 5.91 Å². The van der Waals surface area contributed by atoms with Crippen molar-refractivity contribution in [3.63, 3.8) is 0 Å². The van der Waals surface area contributed by atoms with Gasteiger partial charge in [0, 0.05) is 13.1 Å². The van der Waals surface area contributed by atoms with Crippen LogP contribution in [0.15, 0.2) is 0 Å². The Labute approximate surface area is 76.7 Å². The van der Waals surface area contributed by atoms with E-state index in [0.717, 1.165) is 0 Å². The van der Waals surface area contributed by atoms with Crippen molar-refractivity contribution in [3.05, 3.63) is 0 Å². The summed E-state index contributed by atoms with van der Waals surface area (Å²) in [5.41, 5.74) is 0. The second-order valence-corrected chi connectivity index (χ2v) is 3.40. The van der Waals surface area contributed by atoms with E-state index < -0.39 is 11.9 Å². The number of rotatable bonds is 1. The summed E-state index contributed by atoms with van der Waals surface area (Å²) in [5.74, 6) is -1.47. The summed E-state index contributed by atoms with van der Waals surface area (Å²) in [6, 6.07) is -0.246. The predicted octanol–water partition coefficient (Wildman–Crippen LogP) is -0.863. The molecule has 5 heteroatoms. The minimum absolute atomic E-state index is 0.105. The smallest absolute Gasteiger partial charge is 0.309 e. The SMILES string of the molecule is CC1C(=O)NCC(C(=O)O)CN1C. The highest BCUT2D eigenvalue weighted by atomic mass is 16.4. The lowest BCUT2D eigenvalue weighted by molar-refractivity contribution is -0.141. The zero-order valence-electron chi connectivity index (χ0n) is 7.78. The van der Waals surface area contributed by atoms with Gasteiger partial charge in [0.1, 0.15) is 0 Å². The number of nitrogens with one attached hydrogen (secondary N) is 1. The lowest BCUT2D eigenvalue weighted by Gasteiger charge is -2.20. The highest BCUT2D eigenvalue weighted by Crippen LogP contribution is 2.07. The molecular weight excluding hydrogens is 172 g/mol. The molecule has 1 aliphatic heterocycles. The van der Waals surface area contributed by atoms with E-state index in [2.05, 4.69) is 5.32 Å². The van der Waals surface area contributed by atoms with Crippen molar-refractivity contribution < 1.29 is 14.7 Å². The van der Waals surface area contributed by atoms with Crippen molar-refractivity contribution in [3.8, 4) is 0 Å². The molecule has 0 aliphatic carbocycles. The van der Waals surface area contributed by atoms with Crippen molar-refractivity contribution >= 4 is 11.9 Å². The Morgan fingerprint density at radius 2 is 2.31 bits per heavy atom. The molecule has 1 saturated heterocycles. The molecule has 0 aromatic heterocycles. The van der Waals surface area contributed by atoms with E-state index in [4.69, 9.17) is 5.11 Å². The number of carboxylic acids is 1. The van der Waals surface area contributed by atoms with Crippen molar-refractivity contribution in [1.82, 2.24) is 10.2 Å². The maximum atomic E-state index is 11.2. The van der Waals surface area contributed by atoms with Crippen LogP contribution in [0.1, 0.15) is 6.92 Å². The molecule has 0 aromatic rings. The summed E-state index contributed by atoms with van der Waals surface area (Å²) in [6.07, 6.45) is 0. The van der Waals surface area contributed by atoms with Gasteiger partial charge in [0.25, 0.3) is 0 Å². The van der Waals surface area contributed by atoms with Crippen molar-refractivity contribution in [2.24, 2.45) is 5.92 Å². The van der Waals surface area contributed by atoms with Crippen molar-refractivity contribution in [2.45, 2.75) is 13.0 Å². The third kappa shape index (κ3) is 2.18. The summed E-state index contributed by atoms with van der Waals surface area (Å²) >= 11 is 0. The van der Waals surface area contributed by atoms with Gasteiger partial charge in [0.15, 0.2) is 0 Å². The summed E-state index contributed by atoms with van der Waals surface area (Å²) in [4.78, 5) is 23.7. The fraction of sp³-hybridized carbons (Fsp3) is 0.750. The van der Waals surface area contributed by atoms with E-state index in [0.29, 0.717) is 6.54 Å². The Hall–Kier alpha value is -1.10. The molecule has 1 amide bonds. The summed E-state index contributed by atoms with van der Waals surface area (Å²) in [5, 5.41) is 11.4. The van der Waals surface area contributed by atoms with Crippen LogP contribution in [0.5, 0.6) is 0 Å². The third-order valence-corrected chi connectivity index (χ3v) is 2.42. The average Bonchev–Trinajstić information content (AvgIpc) is 2.19. The highest BCUT2D eigenvalue weighted by Gasteiger charge is 2.29. The minimum Gasteiger partial charge on any atom is -0.481 e. The van der Waals surface area contributed by atoms with Crippen LogP contribution in [-0.4, -0.2) is 48.1 Å². The number of nitrogens with zero attached hydrogens (tertiary/aromatic N) is 1. The van der Waals surface area contributed by atoms with Crippen LogP contribution < -0.4 is 5.32 Å². The fourth-order valence-electron chi connectivity index (χ4n) is 1.31. The molecule has 2 unspecified atom stereocenters. The van der Waals surface area contributed by atoms with Crippen LogP contribution in [0.3, 0.4) is 0 Å². The number of amides is 1. The van der Waals surface area contributed by atoms with Crippen LogP contribution in [-0.2, 0) is 9.59 Å². The zero-order chi connectivity index (χ0) is 10.0. The minimum atomic E-state index is -0.860. The number of hydrogen-bond donors (Lipinski definition) is 2. The standard InChI is InChI=1S/C8H14N2O3/c1-5-7(11)9-3-6(8(12)13)4-10(5)2/h5-6H,3-4H2,1-2H3,(H,9,11)(H,12,13). The van der Waals surface area contributed by atoms with Gasteiger partial charge in [-0.3, -0.25) is 14.5 Å². The normalized spacial score (nSPS) is 30.8. The van der Waals surface area contributed by atoms with Gasteiger partial charge in [-0.25, -0.2) is 0 Å². The first-order valence-corrected chi connectivity index (χ1v) is 4.23. The van der Waals surface area contributed by atoms with Crippen molar-refractivity contribution in [2.75, 3.05) is 20.1 Å². The summed E-state index contributed by atoms with van der Waals surface area (Å²) in [6.45, 7) is 2.40. The molecule has 0 bridgehead atoms. The first-order valence-electron chi connectivity index (χ1n) is 4.23. The van der Waals surface area contributed by atoms with E-state index in [9.17, 15) is 9.59 Å². The number of hydrogen-bond acceptors (Lipinski definition) is 3. The predicted molar refractivity (Wildman–Crippen MR) is 46.2 cm³/mol. The fourth-order valence-corrected chi connectivity index (χ4v) is 1.31. The average molecular weight is 186 g/mol. The topological polar surface area (TPSA) is 69.6 Å². The first-order chi connectivity index (χ1) is 6.02. The molecule has 1 aliphatic rings. The van der Waals surface area contributed by atoms with E-state index in [1.165, 1.54) is 0 Å². The molecule has 1 rings (SSSR count). The quantitative estimate of drug-likeness (QED) is 0.559. The van der Waals surface area contributed by atoms with Gasteiger partial charge >= 0.3 is 5.97 Å². The highest BCUT2D eigenvalue weighted by molar-refractivity contribution is 5.82. The lowest BCUT2D eigenvalue weighted by Crippen LogP contribution is -2.39. The molecule has 2 atom stereocenters. The van der Waals surface area contributed by atoms with Crippen LogP contribution >= 0.6 is 0 Å². The van der Waals surface area contributed by atoms with Gasteiger partial charge in [0.05, 0.1) is 12.0 Å². The number of carbonyl (C=O) groups is 2. The van der Waals surface area contributed by atoms with Gasteiger partial charge in [-0.05, 0) is 14.0 Å². The van der Waals surface area contributed by atoms with Gasteiger partial charge in [-0.2, -0.15) is 0 Å². The third-order valence-electron chi connectivity index (χ3n) is 2.42. The number of aliphatic carboxylic acids is 1. The molecule has 1 heterocycles. The molecule has 0 aromatic carbocycles. The van der Waals surface area contributed by atoms with Crippen molar-refractivity contribution in [1.29, 1.82) is 0 Å². The van der Waals surface area contributed by atoms with Crippen LogP contribution in [0.25, 0.3) is 0 Å². The summed E-state index contributed by atoms with van der Waals surface area (Å²) < 4.78 is 0. The molecule has 2 N–H and O–H groups in total. The first kappa shape index (κ1) is 9.98. The Bertz CT molecular complexity index is 229. The molecule has 13 heavy (non-hydrogen) atoms. The van der Waals surface area contributed by atoms with Gasteiger partial charge in [-0.1, -0.05) is 0 Å². The number of carboxylic acid groups (broad SMARTS) is 1. The van der Waals surface area contributed by atoms with Crippen LogP contribution in [0.4, 0.5) is 0 Å². The monoisotopic (exact) mass is 186 g/mol. The van der Waals surface area contributed by atoms with Crippen LogP contribution in [0.2, 0.25) is 0 Å². The van der Waals surface area contributed by atoms with Crippen LogP contribution in [0, 0.1) is 5.92 Å². The maximum absolute atomic E-state index is 11.2. The molecule has 74 valence electrons. The Morgan fingerprint density at radius 1 is 1.69 bits per heavy atom. The van der Waals surface area contributed by atoms with E-state index in [1.807, 2.05) is 0 Å². The van der Waals surface area contributed by atoms with Gasteiger partial charge < -0.3 is 10.4 Å². The second kappa shape index (κ2) is 3.74. The molecule has 0 spiro atoms. The van der Waals surface area contributed by atoms with E-state index >= 15 is 0 Å². The van der Waals surface area contributed by atoms with E-state index in [1.54, 1.807) is 18.9 Å². The lowest BCUT2D eigenvalue weighted by atomic mass is 10.1. The largest absolute Gasteiger partial charge is 0.481 e. The molecular formula is C8H14N2O3. The Morgan fingerprint density at radius 3 is 2.85 bits per heavy atom. The molecule has 5 nitrogen and oxygen atoms in total. The van der Waals surface area contributed by atoms with E-state index in [-0.39, 0.29) is 18.5 Å².